The first-order valence-electron chi connectivity index (χ1n) is 6.20. The molecule has 0 aliphatic rings. The van der Waals surface area contributed by atoms with Crippen LogP contribution in [0.4, 0.5) is 5.69 Å². The summed E-state index contributed by atoms with van der Waals surface area (Å²) in [7, 11) is 1.62. The molecule has 0 radical (unpaired) electrons. The van der Waals surface area contributed by atoms with Gasteiger partial charge in [0, 0.05) is 32.3 Å². The van der Waals surface area contributed by atoms with E-state index in [1.807, 2.05) is 0 Å². The Morgan fingerprint density at radius 2 is 2.06 bits per heavy atom. The minimum absolute atomic E-state index is 0.0462. The Balaban J connectivity index is 2.28. The summed E-state index contributed by atoms with van der Waals surface area (Å²) in [5.74, 6) is 0.0462. The lowest BCUT2D eigenvalue weighted by Crippen LogP contribution is -2.28. The summed E-state index contributed by atoms with van der Waals surface area (Å²) in [5, 5.41) is 6.07. The van der Waals surface area contributed by atoms with Crippen LogP contribution in [0, 0.1) is 13.8 Å². The molecule has 1 rings (SSSR count). The van der Waals surface area contributed by atoms with Gasteiger partial charge in [0.1, 0.15) is 0 Å². The van der Waals surface area contributed by atoms with Gasteiger partial charge in [-0.3, -0.25) is 4.79 Å². The van der Waals surface area contributed by atoms with Crippen molar-refractivity contribution in [2.75, 3.05) is 32.1 Å². The van der Waals surface area contributed by atoms with E-state index in [0.717, 1.165) is 5.69 Å². The van der Waals surface area contributed by atoms with Crippen molar-refractivity contribution in [1.82, 2.24) is 5.32 Å². The molecule has 0 aliphatic carbocycles. The smallest absolute Gasteiger partial charge is 0.221 e. The topological polar surface area (TPSA) is 50.4 Å². The Kier molecular flexibility index (Phi) is 6.22. The van der Waals surface area contributed by atoms with Crippen molar-refractivity contribution in [2.45, 2.75) is 20.3 Å². The fraction of sp³-hybridized carbons (Fsp3) is 0.500. The zero-order chi connectivity index (χ0) is 13.4. The van der Waals surface area contributed by atoms with Crippen molar-refractivity contribution >= 4 is 11.6 Å². The molecule has 18 heavy (non-hydrogen) atoms. The molecule has 1 aromatic rings. The predicted octanol–water partition coefficient (Wildman–Crippen LogP) is 1.87. The van der Waals surface area contributed by atoms with Gasteiger partial charge in [-0.05, 0) is 31.0 Å². The fourth-order valence-electron chi connectivity index (χ4n) is 1.62. The van der Waals surface area contributed by atoms with Crippen LogP contribution in [-0.2, 0) is 9.53 Å². The van der Waals surface area contributed by atoms with E-state index in [1.54, 1.807) is 7.11 Å². The van der Waals surface area contributed by atoms with Crippen LogP contribution >= 0.6 is 0 Å². The molecule has 0 spiro atoms. The minimum atomic E-state index is 0.0462. The number of anilines is 1. The lowest BCUT2D eigenvalue weighted by Gasteiger charge is -2.10. The number of hydrogen-bond acceptors (Lipinski definition) is 3. The normalized spacial score (nSPS) is 10.2. The summed E-state index contributed by atoms with van der Waals surface area (Å²) in [5.41, 5.74) is 3.51. The van der Waals surface area contributed by atoms with E-state index < -0.39 is 0 Å². The van der Waals surface area contributed by atoms with E-state index in [1.165, 1.54) is 11.1 Å². The van der Waals surface area contributed by atoms with Crippen LogP contribution in [0.3, 0.4) is 0 Å². The van der Waals surface area contributed by atoms with Crippen LogP contribution in [0.25, 0.3) is 0 Å². The van der Waals surface area contributed by atoms with Crippen molar-refractivity contribution in [3.05, 3.63) is 29.3 Å². The lowest BCUT2D eigenvalue weighted by molar-refractivity contribution is -0.121. The highest BCUT2D eigenvalue weighted by molar-refractivity contribution is 5.76. The molecule has 0 atom stereocenters. The van der Waals surface area contributed by atoms with E-state index in [2.05, 4.69) is 42.7 Å². The van der Waals surface area contributed by atoms with Gasteiger partial charge in [0.05, 0.1) is 6.61 Å². The first-order valence-corrected chi connectivity index (χ1v) is 6.20. The third-order valence-corrected chi connectivity index (χ3v) is 2.69. The van der Waals surface area contributed by atoms with Gasteiger partial charge in [0.15, 0.2) is 0 Å². The molecule has 0 aliphatic heterocycles. The molecule has 0 heterocycles. The van der Waals surface area contributed by atoms with Gasteiger partial charge < -0.3 is 15.4 Å². The molecule has 4 heteroatoms. The summed E-state index contributed by atoms with van der Waals surface area (Å²) in [4.78, 5) is 11.5. The van der Waals surface area contributed by atoms with Gasteiger partial charge in [-0.15, -0.1) is 0 Å². The summed E-state index contributed by atoms with van der Waals surface area (Å²) in [6.07, 6.45) is 0.469. The maximum absolute atomic E-state index is 11.5. The zero-order valence-electron chi connectivity index (χ0n) is 11.4. The molecule has 4 nitrogen and oxygen atoms in total. The van der Waals surface area contributed by atoms with Gasteiger partial charge in [0.25, 0.3) is 0 Å². The number of benzene rings is 1. The van der Waals surface area contributed by atoms with E-state index in [9.17, 15) is 4.79 Å². The number of ether oxygens (including phenoxy) is 1. The van der Waals surface area contributed by atoms with E-state index in [0.29, 0.717) is 26.1 Å². The number of aryl methyl sites for hydroxylation is 2. The molecule has 0 bridgehead atoms. The Morgan fingerprint density at radius 3 is 2.78 bits per heavy atom. The molecular weight excluding hydrogens is 228 g/mol. The average molecular weight is 250 g/mol. The van der Waals surface area contributed by atoms with Crippen LogP contribution in [0.15, 0.2) is 18.2 Å². The van der Waals surface area contributed by atoms with Crippen LogP contribution in [-0.4, -0.2) is 32.7 Å². The number of carbonyl (C=O) groups excluding carboxylic acids is 1. The molecule has 1 amide bonds. The third-order valence-electron chi connectivity index (χ3n) is 2.69. The molecule has 1 aromatic carbocycles. The number of methoxy groups -OCH3 is 1. The molecule has 0 unspecified atom stereocenters. The highest BCUT2D eigenvalue weighted by Crippen LogP contribution is 2.15. The Labute approximate surface area is 109 Å². The quantitative estimate of drug-likeness (QED) is 0.726. The largest absolute Gasteiger partial charge is 0.384 e. The predicted molar refractivity (Wildman–Crippen MR) is 73.9 cm³/mol. The van der Waals surface area contributed by atoms with Crippen LogP contribution in [0.5, 0.6) is 0 Å². The fourth-order valence-corrected chi connectivity index (χ4v) is 1.62. The molecule has 100 valence electrons. The summed E-state index contributed by atoms with van der Waals surface area (Å²) in [6.45, 7) is 5.88. The van der Waals surface area contributed by atoms with E-state index in [4.69, 9.17) is 4.74 Å². The number of rotatable bonds is 7. The SMILES string of the molecule is COCCNC(=O)CCNc1cc(C)ccc1C. The molecule has 0 saturated heterocycles. The molecule has 0 fully saturated rings. The zero-order valence-corrected chi connectivity index (χ0v) is 11.4. The van der Waals surface area contributed by atoms with Gasteiger partial charge in [0.2, 0.25) is 5.91 Å². The van der Waals surface area contributed by atoms with Crippen molar-refractivity contribution in [2.24, 2.45) is 0 Å². The average Bonchev–Trinajstić information content (AvgIpc) is 2.34. The second kappa shape index (κ2) is 7.71. The highest BCUT2D eigenvalue weighted by Gasteiger charge is 2.01. The van der Waals surface area contributed by atoms with Gasteiger partial charge in [-0.2, -0.15) is 0 Å². The van der Waals surface area contributed by atoms with Gasteiger partial charge in [-0.25, -0.2) is 0 Å². The Morgan fingerprint density at radius 1 is 1.28 bits per heavy atom. The van der Waals surface area contributed by atoms with Crippen LogP contribution in [0.2, 0.25) is 0 Å². The highest BCUT2D eigenvalue weighted by atomic mass is 16.5. The van der Waals surface area contributed by atoms with E-state index >= 15 is 0 Å². The van der Waals surface area contributed by atoms with Gasteiger partial charge >= 0.3 is 0 Å². The van der Waals surface area contributed by atoms with Crippen LogP contribution in [0.1, 0.15) is 17.5 Å². The van der Waals surface area contributed by atoms with Crippen molar-refractivity contribution in [3.63, 3.8) is 0 Å². The second-order valence-electron chi connectivity index (χ2n) is 4.34. The maximum atomic E-state index is 11.5. The lowest BCUT2D eigenvalue weighted by atomic mass is 10.1. The summed E-state index contributed by atoms with van der Waals surface area (Å²) in [6, 6.07) is 6.26. The monoisotopic (exact) mass is 250 g/mol. The number of hydrogen-bond donors (Lipinski definition) is 2. The van der Waals surface area contributed by atoms with Crippen molar-refractivity contribution < 1.29 is 9.53 Å². The summed E-state index contributed by atoms with van der Waals surface area (Å²) >= 11 is 0. The van der Waals surface area contributed by atoms with E-state index in [-0.39, 0.29) is 5.91 Å². The van der Waals surface area contributed by atoms with Crippen LogP contribution < -0.4 is 10.6 Å². The second-order valence-corrected chi connectivity index (χ2v) is 4.34. The minimum Gasteiger partial charge on any atom is -0.384 e. The summed E-state index contributed by atoms with van der Waals surface area (Å²) < 4.78 is 4.86. The van der Waals surface area contributed by atoms with Gasteiger partial charge in [-0.1, -0.05) is 12.1 Å². The Hall–Kier alpha value is -1.55. The maximum Gasteiger partial charge on any atom is 0.221 e. The number of nitrogens with one attached hydrogen (secondary N) is 2. The molecule has 0 aromatic heterocycles. The van der Waals surface area contributed by atoms with Crippen molar-refractivity contribution in [3.8, 4) is 0 Å². The molecule has 2 N–H and O–H groups in total. The standard InChI is InChI=1S/C14H22N2O2/c1-11-4-5-12(2)13(10-11)15-7-6-14(17)16-8-9-18-3/h4-5,10,15H,6-9H2,1-3H3,(H,16,17). The van der Waals surface area contributed by atoms with Crippen molar-refractivity contribution in [1.29, 1.82) is 0 Å². The third kappa shape index (κ3) is 5.19. The molecular formula is C14H22N2O2. The molecule has 0 saturated carbocycles. The number of amides is 1. The number of carbonyl (C=O) groups is 1. The Bertz CT molecular complexity index is 391. The first kappa shape index (κ1) is 14.5. The first-order chi connectivity index (χ1) is 8.63.